The zero-order valence-corrected chi connectivity index (χ0v) is 9.53. The molecule has 4 nitrogen and oxygen atoms in total. The van der Waals surface area contributed by atoms with Gasteiger partial charge in [-0.25, -0.2) is 9.00 Å². The van der Waals surface area contributed by atoms with E-state index in [1.54, 1.807) is 0 Å². The van der Waals surface area contributed by atoms with Crippen LogP contribution >= 0.6 is 0 Å². The molecule has 0 heterocycles. The normalized spacial score (nSPS) is 14.2. The fraction of sp³-hybridized carbons (Fsp3) is 0.625. The average molecular weight is 278 g/mol. The van der Waals surface area contributed by atoms with Crippen molar-refractivity contribution in [1.82, 2.24) is 0 Å². The predicted molar refractivity (Wildman–Crippen MR) is 51.1 cm³/mol. The summed E-state index contributed by atoms with van der Waals surface area (Å²) in [5.74, 6) is -5.75. The lowest BCUT2D eigenvalue weighted by Gasteiger charge is -2.22. The summed E-state index contributed by atoms with van der Waals surface area (Å²) in [5.41, 5.74) is -0.0780. The molecule has 9 heteroatoms. The van der Waals surface area contributed by atoms with Gasteiger partial charge in [-0.3, -0.25) is 0 Å². The van der Waals surface area contributed by atoms with E-state index in [-0.39, 0.29) is 5.57 Å². The number of carbonyl (C=O) groups is 1. The molecule has 0 aliphatic rings. The molecule has 0 aliphatic heterocycles. The second kappa shape index (κ2) is 5.58. The van der Waals surface area contributed by atoms with Gasteiger partial charge >= 0.3 is 17.1 Å². The summed E-state index contributed by atoms with van der Waals surface area (Å²) in [7, 11) is 0. The van der Waals surface area contributed by atoms with Gasteiger partial charge in [-0.15, -0.1) is 0 Å². The summed E-state index contributed by atoms with van der Waals surface area (Å²) in [6, 6.07) is 0. The lowest BCUT2D eigenvalue weighted by Crippen LogP contribution is -2.44. The molecule has 0 aromatic rings. The number of rotatable bonds is 6. The highest BCUT2D eigenvalue weighted by Gasteiger charge is 2.60. The van der Waals surface area contributed by atoms with E-state index in [0.29, 0.717) is 0 Å². The number of halogens is 4. The summed E-state index contributed by atoms with van der Waals surface area (Å²) in [5, 5.41) is -5.09. The highest BCUT2D eigenvalue weighted by molar-refractivity contribution is 7.80. The number of alkyl halides is 4. The van der Waals surface area contributed by atoms with Crippen molar-refractivity contribution in [3.63, 3.8) is 0 Å². The number of carbonyl (C=O) groups excluding carboxylic acids is 1. The molecule has 0 rings (SSSR count). The fourth-order valence-corrected chi connectivity index (χ4v) is 1.03. The Kier molecular flexibility index (Phi) is 5.27. The van der Waals surface area contributed by atoms with Gasteiger partial charge in [0.25, 0.3) is 0 Å². The van der Waals surface area contributed by atoms with Crippen LogP contribution in [0, 0.1) is 0 Å². The smallest absolute Gasteiger partial charge is 0.406 e. The largest absolute Gasteiger partial charge is 0.462 e. The van der Waals surface area contributed by atoms with Gasteiger partial charge in [-0.05, 0) is 6.92 Å². The minimum Gasteiger partial charge on any atom is -0.462 e. The topological polar surface area (TPSA) is 63.6 Å². The van der Waals surface area contributed by atoms with Crippen LogP contribution in [0.15, 0.2) is 12.2 Å². The van der Waals surface area contributed by atoms with Crippen LogP contribution in [-0.4, -0.2) is 32.5 Å². The third kappa shape index (κ3) is 4.08. The maximum atomic E-state index is 12.8. The van der Waals surface area contributed by atoms with Crippen molar-refractivity contribution in [2.75, 3.05) is 6.61 Å². The van der Waals surface area contributed by atoms with Crippen LogP contribution in [0.5, 0.6) is 0 Å². The first kappa shape index (κ1) is 16.0. The molecule has 0 aliphatic carbocycles. The first-order chi connectivity index (χ1) is 7.52. The predicted octanol–water partition coefficient (Wildman–Crippen LogP) is 1.95. The Labute approximate surface area is 96.9 Å². The Hall–Kier alpha value is -0.960. The Bertz CT molecular complexity index is 342. The summed E-state index contributed by atoms with van der Waals surface area (Å²) < 4.78 is 72.9. The van der Waals surface area contributed by atoms with E-state index in [4.69, 9.17) is 4.55 Å². The average Bonchev–Trinajstić information content (AvgIpc) is 2.16. The monoisotopic (exact) mass is 278 g/mol. The van der Waals surface area contributed by atoms with Crippen molar-refractivity contribution in [3.05, 3.63) is 12.2 Å². The third-order valence-electron chi connectivity index (χ3n) is 1.64. The van der Waals surface area contributed by atoms with Crippen molar-refractivity contribution in [2.24, 2.45) is 0 Å². The van der Waals surface area contributed by atoms with Gasteiger partial charge in [-0.2, -0.15) is 17.6 Å². The lowest BCUT2D eigenvalue weighted by molar-refractivity contribution is -0.171. The molecular formula is C8H10F4O4S. The number of esters is 1. The van der Waals surface area contributed by atoms with Crippen LogP contribution in [0.2, 0.25) is 0 Å². The molecule has 0 amide bonds. The van der Waals surface area contributed by atoms with Crippen molar-refractivity contribution in [1.29, 1.82) is 0 Å². The van der Waals surface area contributed by atoms with Gasteiger partial charge in [0.2, 0.25) is 11.1 Å². The van der Waals surface area contributed by atoms with Crippen LogP contribution in [0.25, 0.3) is 0 Å². The summed E-state index contributed by atoms with van der Waals surface area (Å²) in [6.45, 7) is 3.39. The molecule has 1 N–H and O–H groups in total. The second-order valence-electron chi connectivity index (χ2n) is 3.14. The van der Waals surface area contributed by atoms with E-state index in [0.717, 1.165) is 0 Å². The standard InChI is InChI=1S/C8H10F4O4S/c1-5(2)6(13)16-4-3-7(9,10)8(11,12)17(14)15/h1,3-4H2,2H3,(H,14,15). The highest BCUT2D eigenvalue weighted by Crippen LogP contribution is 2.38. The van der Waals surface area contributed by atoms with Crippen molar-refractivity contribution in [3.8, 4) is 0 Å². The van der Waals surface area contributed by atoms with Gasteiger partial charge in [-0.1, -0.05) is 6.58 Å². The first-order valence-corrected chi connectivity index (χ1v) is 5.32. The minimum atomic E-state index is -5.09. The van der Waals surface area contributed by atoms with E-state index in [9.17, 15) is 26.6 Å². The zero-order chi connectivity index (χ0) is 13.9. The molecule has 0 radical (unpaired) electrons. The number of ether oxygens (including phenoxy) is 1. The first-order valence-electron chi connectivity index (χ1n) is 4.21. The van der Waals surface area contributed by atoms with Crippen LogP contribution in [-0.2, 0) is 20.6 Å². The molecule has 0 saturated heterocycles. The van der Waals surface area contributed by atoms with Gasteiger partial charge in [0, 0.05) is 5.57 Å². The maximum Gasteiger partial charge on any atom is 0.406 e. The van der Waals surface area contributed by atoms with E-state index in [1.807, 2.05) is 0 Å². The van der Waals surface area contributed by atoms with E-state index < -0.39 is 41.3 Å². The molecule has 0 aromatic heterocycles. The molecule has 1 unspecified atom stereocenters. The highest BCUT2D eigenvalue weighted by atomic mass is 32.2. The van der Waals surface area contributed by atoms with Crippen molar-refractivity contribution < 1.29 is 35.9 Å². The molecule has 17 heavy (non-hydrogen) atoms. The summed E-state index contributed by atoms with van der Waals surface area (Å²) in [4.78, 5) is 10.7. The van der Waals surface area contributed by atoms with Gasteiger partial charge in [0.1, 0.15) is 0 Å². The van der Waals surface area contributed by atoms with Gasteiger partial charge in [0.05, 0.1) is 13.0 Å². The van der Waals surface area contributed by atoms with Crippen LogP contribution in [0.4, 0.5) is 17.6 Å². The Morgan fingerprint density at radius 2 is 1.88 bits per heavy atom. The van der Waals surface area contributed by atoms with Gasteiger partial charge in [0.15, 0.2) is 0 Å². The Balaban J connectivity index is 4.43. The minimum absolute atomic E-state index is 0.0780. The lowest BCUT2D eigenvalue weighted by atomic mass is 10.2. The van der Waals surface area contributed by atoms with Gasteiger partial charge < -0.3 is 9.29 Å². The van der Waals surface area contributed by atoms with E-state index in [2.05, 4.69) is 11.3 Å². The molecule has 0 aromatic carbocycles. The second-order valence-corrected chi connectivity index (χ2v) is 4.15. The Morgan fingerprint density at radius 3 is 2.24 bits per heavy atom. The molecule has 0 bridgehead atoms. The number of hydrogen-bond donors (Lipinski definition) is 1. The fourth-order valence-electron chi connectivity index (χ4n) is 0.668. The maximum absolute atomic E-state index is 12.8. The Morgan fingerprint density at radius 1 is 1.41 bits per heavy atom. The zero-order valence-electron chi connectivity index (χ0n) is 8.71. The quantitative estimate of drug-likeness (QED) is 0.349. The van der Waals surface area contributed by atoms with Crippen LogP contribution in [0.1, 0.15) is 13.3 Å². The number of hydrogen-bond acceptors (Lipinski definition) is 3. The third-order valence-corrected chi connectivity index (χ3v) is 2.38. The molecule has 0 spiro atoms. The van der Waals surface area contributed by atoms with Crippen LogP contribution < -0.4 is 0 Å². The summed E-state index contributed by atoms with van der Waals surface area (Å²) >= 11 is -4.01. The van der Waals surface area contributed by atoms with Crippen LogP contribution in [0.3, 0.4) is 0 Å². The van der Waals surface area contributed by atoms with Crippen molar-refractivity contribution >= 4 is 17.0 Å². The van der Waals surface area contributed by atoms with E-state index >= 15 is 0 Å². The van der Waals surface area contributed by atoms with E-state index in [1.165, 1.54) is 6.92 Å². The van der Waals surface area contributed by atoms with Crippen molar-refractivity contribution in [2.45, 2.75) is 24.5 Å². The molecule has 1 atom stereocenters. The molecule has 0 fully saturated rings. The molecule has 0 saturated carbocycles. The SMILES string of the molecule is C=C(C)C(=O)OCCC(F)(F)C(F)(F)S(=O)O. The molecular weight excluding hydrogens is 268 g/mol. The summed E-state index contributed by atoms with van der Waals surface area (Å²) in [6.07, 6.45) is -1.56. The molecule has 100 valence electrons.